The minimum absolute atomic E-state index is 0.116. The van der Waals surface area contributed by atoms with Gasteiger partial charge in [-0.05, 0) is 83.3 Å². The molecule has 5 amide bonds. The van der Waals surface area contributed by atoms with E-state index in [9.17, 15) is 24.0 Å². The molecule has 0 saturated carbocycles. The van der Waals surface area contributed by atoms with Crippen LogP contribution in [0.15, 0.2) is 170 Å². The molecule has 3 heterocycles. The largest absolute Gasteiger partial charge is 0.484 e. The Hall–Kier alpha value is -8.03. The van der Waals surface area contributed by atoms with Crippen LogP contribution in [0.5, 0.6) is 5.75 Å². The number of nitrogens with one attached hydrogen (secondary N) is 6. The standard InChI is InChI=1S/C39H42N6O6.C9H9N.C8H10/c40-34(20-15-26-7-3-1-4-8-26)45-39(50)33-22-28-13-18-31(19-14-28)51-25-37(48)41-23-35(46)43-32(38(49)42-24-36(47)44-33)21-27-11-16-30(17-12-27)29-9-5-2-6-10-29;1-7-6-10-9-5-3-2-4-8(7)9;1-2-8-6-4-3-5-7-8/h1-14,16-19,32-34H,15,20-25,40H2,(H,41,48)(H,42,49)(H,43,46)(H,44,47)(H,45,50);2-6,10H,1H3;3-7H,2H2,1H3/t32-,33+,34-;;/m1../s1. The van der Waals surface area contributed by atoms with Gasteiger partial charge < -0.3 is 42.0 Å². The Kier molecular flexibility index (Phi) is 19.2. The number of aromatic nitrogens is 1. The zero-order chi connectivity index (χ0) is 48.8. The summed E-state index contributed by atoms with van der Waals surface area (Å²) in [7, 11) is 0. The summed E-state index contributed by atoms with van der Waals surface area (Å²) in [5.74, 6) is -2.43. The van der Waals surface area contributed by atoms with Crippen LogP contribution >= 0.6 is 0 Å². The summed E-state index contributed by atoms with van der Waals surface area (Å²) in [6.07, 6.45) is 3.87. The molecule has 6 aromatic carbocycles. The lowest BCUT2D eigenvalue weighted by Crippen LogP contribution is -2.55. The first kappa shape index (κ1) is 50.4. The monoisotopic (exact) mass is 927 g/mol. The molecule has 2 aliphatic heterocycles. The number of para-hydroxylation sites is 1. The summed E-state index contributed by atoms with van der Waals surface area (Å²) in [5.41, 5.74) is 14.8. The average molecular weight is 928 g/mol. The maximum Gasteiger partial charge on any atom is 0.258 e. The van der Waals surface area contributed by atoms with Crippen LogP contribution in [0, 0.1) is 6.92 Å². The maximum atomic E-state index is 13.4. The minimum Gasteiger partial charge on any atom is -0.484 e. The second kappa shape index (κ2) is 26.3. The van der Waals surface area contributed by atoms with Gasteiger partial charge in [0.2, 0.25) is 23.6 Å². The van der Waals surface area contributed by atoms with Gasteiger partial charge in [-0.2, -0.15) is 0 Å². The number of carbonyl (C=O) groups excluding carboxylic acids is 5. The van der Waals surface area contributed by atoms with Crippen molar-refractivity contribution in [2.24, 2.45) is 5.73 Å². The van der Waals surface area contributed by atoms with Gasteiger partial charge in [0.25, 0.3) is 5.91 Å². The van der Waals surface area contributed by atoms with E-state index in [2.05, 4.69) is 87.9 Å². The normalized spacial score (nSPS) is 15.9. The second-order valence-electron chi connectivity index (χ2n) is 16.6. The van der Waals surface area contributed by atoms with Crippen LogP contribution in [0.1, 0.15) is 41.2 Å². The van der Waals surface area contributed by atoms with Crippen LogP contribution in [0.25, 0.3) is 22.0 Å². The summed E-state index contributed by atoms with van der Waals surface area (Å²) in [5, 5.41) is 14.6. The van der Waals surface area contributed by atoms with Crippen LogP contribution < -0.4 is 37.1 Å². The molecular formula is C56H61N7O6. The van der Waals surface area contributed by atoms with E-state index in [1.807, 2.05) is 103 Å². The van der Waals surface area contributed by atoms with Crippen molar-refractivity contribution < 1.29 is 28.7 Å². The number of rotatable bonds is 9. The van der Waals surface area contributed by atoms with Gasteiger partial charge in [-0.1, -0.05) is 153 Å². The van der Waals surface area contributed by atoms with Crippen LogP contribution in [0.4, 0.5) is 0 Å². The van der Waals surface area contributed by atoms with Gasteiger partial charge >= 0.3 is 0 Å². The number of H-pyrrole nitrogens is 1. The molecule has 8 N–H and O–H groups in total. The van der Waals surface area contributed by atoms with Crippen LogP contribution in [-0.2, 0) is 49.7 Å². The van der Waals surface area contributed by atoms with E-state index in [1.165, 1.54) is 22.0 Å². The summed E-state index contributed by atoms with van der Waals surface area (Å²) >= 11 is 0. The molecule has 9 rings (SSSR count). The van der Waals surface area contributed by atoms with Gasteiger partial charge in [0.15, 0.2) is 6.61 Å². The Balaban J connectivity index is 0.000000357. The number of benzene rings is 6. The third kappa shape index (κ3) is 16.7. The Labute approximate surface area is 403 Å². The van der Waals surface area contributed by atoms with Gasteiger partial charge in [-0.15, -0.1) is 0 Å². The molecule has 1 aromatic heterocycles. The van der Waals surface area contributed by atoms with Gasteiger partial charge in [-0.25, -0.2) is 0 Å². The van der Waals surface area contributed by atoms with E-state index in [4.69, 9.17) is 10.5 Å². The predicted molar refractivity (Wildman–Crippen MR) is 271 cm³/mol. The first-order valence-electron chi connectivity index (χ1n) is 23.2. The summed E-state index contributed by atoms with van der Waals surface area (Å²) in [6.45, 7) is 3.09. The van der Waals surface area contributed by atoms with Crippen molar-refractivity contribution in [3.63, 3.8) is 0 Å². The third-order valence-electron chi connectivity index (χ3n) is 11.4. The quantitative estimate of drug-likeness (QED) is 0.0635. The Morgan fingerprint density at radius 2 is 1.26 bits per heavy atom. The number of fused-ring (bicyclic) bond motifs is 17. The van der Waals surface area contributed by atoms with E-state index in [1.54, 1.807) is 24.3 Å². The summed E-state index contributed by atoms with van der Waals surface area (Å²) in [6, 6.07) is 50.5. The number of nitrogens with two attached hydrogens (primary N) is 1. The number of aromatic amines is 1. The third-order valence-corrected chi connectivity index (χ3v) is 11.4. The number of aryl methyl sites for hydroxylation is 3. The van der Waals surface area contributed by atoms with Gasteiger partial charge in [-0.3, -0.25) is 24.0 Å². The smallest absolute Gasteiger partial charge is 0.258 e. The molecule has 2 bridgehead atoms. The highest BCUT2D eigenvalue weighted by Crippen LogP contribution is 2.20. The topological polar surface area (TPSA) is 197 Å². The van der Waals surface area contributed by atoms with E-state index < -0.39 is 54.3 Å². The van der Waals surface area contributed by atoms with Crippen molar-refractivity contribution in [2.75, 3.05) is 19.7 Å². The predicted octanol–water partition coefficient (Wildman–Crippen LogP) is 6.49. The molecule has 0 aliphatic carbocycles. The zero-order valence-electron chi connectivity index (χ0n) is 39.1. The lowest BCUT2D eigenvalue weighted by atomic mass is 10.00. The highest BCUT2D eigenvalue weighted by atomic mass is 16.5. The van der Waals surface area contributed by atoms with E-state index in [0.717, 1.165) is 28.7 Å². The fourth-order valence-corrected chi connectivity index (χ4v) is 7.49. The molecule has 3 atom stereocenters. The van der Waals surface area contributed by atoms with E-state index >= 15 is 0 Å². The van der Waals surface area contributed by atoms with Crippen molar-refractivity contribution in [1.29, 1.82) is 0 Å². The van der Waals surface area contributed by atoms with Crippen molar-refractivity contribution in [2.45, 2.75) is 64.2 Å². The first-order valence-corrected chi connectivity index (χ1v) is 23.2. The van der Waals surface area contributed by atoms with Crippen molar-refractivity contribution >= 4 is 40.4 Å². The molecule has 69 heavy (non-hydrogen) atoms. The number of ether oxygens (including phenoxy) is 1. The first-order chi connectivity index (χ1) is 33.5. The minimum atomic E-state index is -1.07. The van der Waals surface area contributed by atoms with Crippen LogP contribution in [0.2, 0.25) is 0 Å². The molecule has 13 nitrogen and oxygen atoms in total. The molecule has 2 aliphatic rings. The molecule has 0 saturated heterocycles. The Bertz CT molecular complexity index is 2710. The SMILES string of the molecule is CCc1ccccc1.Cc1c[nH]c2ccccc12.N[C@@H](CCc1ccccc1)NC(=O)[C@@H]1Cc2ccc(cc2)OCC(=O)NCC(=O)N[C@H](Cc2ccc(-c3ccccc3)cc2)C(=O)NCC(=O)N1. The lowest BCUT2D eigenvalue weighted by Gasteiger charge is -2.22. The van der Waals surface area contributed by atoms with Crippen LogP contribution in [-0.4, -0.2) is 72.5 Å². The van der Waals surface area contributed by atoms with Gasteiger partial charge in [0, 0.05) is 29.9 Å². The molecule has 0 unspecified atom stereocenters. The van der Waals surface area contributed by atoms with Crippen molar-refractivity contribution in [3.8, 4) is 16.9 Å². The fourth-order valence-electron chi connectivity index (χ4n) is 7.49. The molecule has 7 aromatic rings. The lowest BCUT2D eigenvalue weighted by molar-refractivity contribution is -0.132. The molecule has 0 spiro atoms. The zero-order valence-corrected chi connectivity index (χ0v) is 39.1. The summed E-state index contributed by atoms with van der Waals surface area (Å²) in [4.78, 5) is 68.5. The van der Waals surface area contributed by atoms with Gasteiger partial charge in [0.05, 0.1) is 19.3 Å². The number of hydrogen-bond donors (Lipinski definition) is 7. The molecule has 0 fully saturated rings. The molecule has 13 heteroatoms. The highest BCUT2D eigenvalue weighted by molar-refractivity contribution is 5.94. The molecular weight excluding hydrogens is 867 g/mol. The Morgan fingerprint density at radius 3 is 1.91 bits per heavy atom. The number of amides is 5. The maximum absolute atomic E-state index is 13.4. The van der Waals surface area contributed by atoms with E-state index in [0.29, 0.717) is 24.2 Å². The highest BCUT2D eigenvalue weighted by Gasteiger charge is 2.26. The fraction of sp³-hybridized carbons (Fsp3) is 0.232. The van der Waals surface area contributed by atoms with Gasteiger partial charge in [0.1, 0.15) is 17.8 Å². The van der Waals surface area contributed by atoms with E-state index in [-0.39, 0.29) is 26.0 Å². The molecule has 0 radical (unpaired) electrons. The summed E-state index contributed by atoms with van der Waals surface area (Å²) < 4.78 is 5.56. The van der Waals surface area contributed by atoms with Crippen molar-refractivity contribution in [3.05, 3.63) is 198 Å². The second-order valence-corrected chi connectivity index (χ2v) is 16.6. The van der Waals surface area contributed by atoms with Crippen molar-refractivity contribution in [1.82, 2.24) is 31.6 Å². The average Bonchev–Trinajstić information content (AvgIpc) is 3.77. The van der Waals surface area contributed by atoms with Crippen LogP contribution in [0.3, 0.4) is 0 Å². The number of carbonyl (C=O) groups is 5. The molecule has 356 valence electrons. The Morgan fingerprint density at radius 1 is 0.667 bits per heavy atom. The number of hydrogen-bond acceptors (Lipinski definition) is 7.